The highest BCUT2D eigenvalue weighted by molar-refractivity contribution is 5.25. The molecule has 0 amide bonds. The third kappa shape index (κ3) is 4.10. The molecule has 0 bridgehead atoms. The molecule has 0 aliphatic rings. The van der Waals surface area contributed by atoms with Crippen LogP contribution in [-0.4, -0.2) is 16.1 Å². The van der Waals surface area contributed by atoms with Crippen molar-refractivity contribution in [3.63, 3.8) is 0 Å². The average molecular weight is 274 g/mol. The van der Waals surface area contributed by atoms with Crippen LogP contribution < -0.4 is 5.32 Å². The molecule has 0 aliphatic heterocycles. The van der Waals surface area contributed by atoms with E-state index in [9.17, 15) is 5.11 Å². The zero-order valence-electron chi connectivity index (χ0n) is 12.3. The normalized spacial score (nSPS) is 12.6. The van der Waals surface area contributed by atoms with Gasteiger partial charge in [0.2, 0.25) is 5.89 Å². The number of oxazole rings is 1. The lowest BCUT2D eigenvalue weighted by Gasteiger charge is -2.12. The molecule has 0 aliphatic carbocycles. The number of benzene rings is 1. The number of hydrogen-bond donors (Lipinski definition) is 2. The van der Waals surface area contributed by atoms with Crippen LogP contribution in [0.4, 0.5) is 0 Å². The van der Waals surface area contributed by atoms with E-state index in [1.807, 2.05) is 26.0 Å². The van der Waals surface area contributed by atoms with Crippen molar-refractivity contribution >= 4 is 0 Å². The fourth-order valence-electron chi connectivity index (χ4n) is 2.02. The van der Waals surface area contributed by atoms with Crippen molar-refractivity contribution in [3.05, 3.63) is 47.2 Å². The Hall–Kier alpha value is -1.81. The van der Waals surface area contributed by atoms with E-state index in [4.69, 9.17) is 4.42 Å². The first-order valence-electron chi connectivity index (χ1n) is 6.99. The predicted octanol–water partition coefficient (Wildman–Crippen LogP) is 3.11. The number of nitrogens with one attached hydrogen (secondary N) is 1. The first-order valence-corrected chi connectivity index (χ1v) is 6.99. The van der Waals surface area contributed by atoms with Crippen molar-refractivity contribution in [1.82, 2.24) is 10.3 Å². The second kappa shape index (κ2) is 6.57. The minimum absolute atomic E-state index is 0.314. The van der Waals surface area contributed by atoms with Gasteiger partial charge in [0.1, 0.15) is 11.5 Å². The monoisotopic (exact) mass is 274 g/mol. The maximum Gasteiger partial charge on any atom is 0.208 e. The molecule has 1 heterocycles. The number of aromatic nitrogens is 1. The number of rotatable bonds is 6. The Bertz CT molecular complexity index is 527. The fraction of sp³-hybridized carbons (Fsp3) is 0.438. The van der Waals surface area contributed by atoms with Crippen molar-refractivity contribution in [2.45, 2.75) is 46.2 Å². The smallest absolute Gasteiger partial charge is 0.208 e. The molecule has 2 N–H and O–H groups in total. The summed E-state index contributed by atoms with van der Waals surface area (Å²) in [7, 11) is 0. The van der Waals surface area contributed by atoms with Gasteiger partial charge in [-0.05, 0) is 51.3 Å². The number of aromatic hydroxyl groups is 1. The van der Waals surface area contributed by atoms with Crippen molar-refractivity contribution in [1.29, 1.82) is 0 Å². The van der Waals surface area contributed by atoms with Crippen LogP contribution in [0.15, 0.2) is 28.7 Å². The Kier molecular flexibility index (Phi) is 4.79. The summed E-state index contributed by atoms with van der Waals surface area (Å²) in [5.41, 5.74) is 2.19. The minimum Gasteiger partial charge on any atom is -0.508 e. The van der Waals surface area contributed by atoms with Crippen LogP contribution in [0.5, 0.6) is 5.75 Å². The third-order valence-electron chi connectivity index (χ3n) is 3.48. The van der Waals surface area contributed by atoms with Crippen LogP contribution in [-0.2, 0) is 13.0 Å². The molecule has 0 fully saturated rings. The molecule has 0 saturated heterocycles. The van der Waals surface area contributed by atoms with E-state index in [1.165, 1.54) is 5.56 Å². The minimum atomic E-state index is 0.314. The Morgan fingerprint density at radius 1 is 1.25 bits per heavy atom. The van der Waals surface area contributed by atoms with Crippen LogP contribution in [0, 0.1) is 13.8 Å². The van der Waals surface area contributed by atoms with Crippen LogP contribution in [0.1, 0.15) is 36.3 Å². The van der Waals surface area contributed by atoms with Crippen LogP contribution in [0.25, 0.3) is 0 Å². The molecule has 108 valence electrons. The zero-order valence-corrected chi connectivity index (χ0v) is 12.3. The number of phenols is 1. The molecular formula is C16H22N2O2. The molecule has 4 heteroatoms. The Morgan fingerprint density at radius 2 is 1.95 bits per heavy atom. The largest absolute Gasteiger partial charge is 0.508 e. The van der Waals surface area contributed by atoms with E-state index in [-0.39, 0.29) is 0 Å². The van der Waals surface area contributed by atoms with E-state index in [2.05, 4.69) is 17.2 Å². The van der Waals surface area contributed by atoms with Gasteiger partial charge in [0.15, 0.2) is 0 Å². The summed E-state index contributed by atoms with van der Waals surface area (Å²) >= 11 is 0. The molecule has 20 heavy (non-hydrogen) atoms. The molecule has 2 rings (SSSR count). The SMILES string of the molecule is Cc1nc(CNC(C)CCc2ccc(O)cc2)oc1C. The molecule has 4 nitrogen and oxygen atoms in total. The van der Waals surface area contributed by atoms with Gasteiger partial charge in [0.25, 0.3) is 0 Å². The third-order valence-corrected chi connectivity index (χ3v) is 3.48. The number of hydrogen-bond acceptors (Lipinski definition) is 4. The molecule has 0 radical (unpaired) electrons. The summed E-state index contributed by atoms with van der Waals surface area (Å²) in [5, 5.41) is 12.7. The predicted molar refractivity (Wildman–Crippen MR) is 78.7 cm³/mol. The van der Waals surface area contributed by atoms with E-state index < -0.39 is 0 Å². The summed E-state index contributed by atoms with van der Waals surface area (Å²) < 4.78 is 5.54. The van der Waals surface area contributed by atoms with Gasteiger partial charge in [-0.25, -0.2) is 4.98 Å². The second-order valence-corrected chi connectivity index (χ2v) is 5.24. The summed E-state index contributed by atoms with van der Waals surface area (Å²) in [6.45, 7) is 6.70. The molecular weight excluding hydrogens is 252 g/mol. The van der Waals surface area contributed by atoms with E-state index in [0.29, 0.717) is 18.3 Å². The molecule has 2 aromatic rings. The lowest BCUT2D eigenvalue weighted by atomic mass is 10.1. The first-order chi connectivity index (χ1) is 9.54. The van der Waals surface area contributed by atoms with Crippen molar-refractivity contribution in [2.24, 2.45) is 0 Å². The Balaban J connectivity index is 1.75. The van der Waals surface area contributed by atoms with Gasteiger partial charge in [-0.3, -0.25) is 0 Å². The van der Waals surface area contributed by atoms with Crippen molar-refractivity contribution < 1.29 is 9.52 Å². The van der Waals surface area contributed by atoms with E-state index in [0.717, 1.165) is 30.2 Å². The topological polar surface area (TPSA) is 58.3 Å². The summed E-state index contributed by atoms with van der Waals surface area (Å²) in [6, 6.07) is 7.76. The van der Waals surface area contributed by atoms with E-state index >= 15 is 0 Å². The highest BCUT2D eigenvalue weighted by Gasteiger charge is 2.07. The quantitative estimate of drug-likeness (QED) is 0.849. The molecule has 0 saturated carbocycles. The Morgan fingerprint density at radius 3 is 2.55 bits per heavy atom. The van der Waals surface area contributed by atoms with Gasteiger partial charge >= 0.3 is 0 Å². The van der Waals surface area contributed by atoms with Crippen molar-refractivity contribution in [2.75, 3.05) is 0 Å². The molecule has 0 spiro atoms. The highest BCUT2D eigenvalue weighted by atomic mass is 16.4. The fourth-order valence-corrected chi connectivity index (χ4v) is 2.02. The summed E-state index contributed by atoms with van der Waals surface area (Å²) in [4.78, 5) is 4.35. The molecule has 1 aromatic heterocycles. The maximum atomic E-state index is 9.24. The molecule has 1 aromatic carbocycles. The van der Waals surface area contributed by atoms with Gasteiger partial charge in [0.05, 0.1) is 12.2 Å². The van der Waals surface area contributed by atoms with E-state index in [1.54, 1.807) is 12.1 Å². The Labute approximate surface area is 119 Å². The highest BCUT2D eigenvalue weighted by Crippen LogP contribution is 2.12. The van der Waals surface area contributed by atoms with Crippen LogP contribution >= 0.6 is 0 Å². The summed E-state index contributed by atoms with van der Waals surface area (Å²) in [6.07, 6.45) is 2.02. The van der Waals surface area contributed by atoms with Crippen LogP contribution in [0.3, 0.4) is 0 Å². The second-order valence-electron chi connectivity index (χ2n) is 5.24. The zero-order chi connectivity index (χ0) is 14.5. The number of nitrogens with zero attached hydrogens (tertiary/aromatic N) is 1. The van der Waals surface area contributed by atoms with Crippen LogP contribution in [0.2, 0.25) is 0 Å². The van der Waals surface area contributed by atoms with Gasteiger partial charge in [-0.15, -0.1) is 0 Å². The maximum absolute atomic E-state index is 9.24. The summed E-state index contributed by atoms with van der Waals surface area (Å²) in [5.74, 6) is 1.95. The van der Waals surface area contributed by atoms with Gasteiger partial charge < -0.3 is 14.8 Å². The lowest BCUT2D eigenvalue weighted by molar-refractivity contribution is 0.420. The molecule has 1 unspecified atom stereocenters. The van der Waals surface area contributed by atoms with Gasteiger partial charge in [-0.1, -0.05) is 12.1 Å². The molecule has 1 atom stereocenters. The lowest BCUT2D eigenvalue weighted by Crippen LogP contribution is -2.26. The first kappa shape index (κ1) is 14.6. The van der Waals surface area contributed by atoms with Gasteiger partial charge in [-0.2, -0.15) is 0 Å². The number of phenolic OH excluding ortho intramolecular Hbond substituents is 1. The van der Waals surface area contributed by atoms with Gasteiger partial charge in [0, 0.05) is 6.04 Å². The standard InChI is InChI=1S/C16H22N2O2/c1-11(4-5-14-6-8-15(19)9-7-14)17-10-16-18-12(2)13(3)20-16/h6-9,11,17,19H,4-5,10H2,1-3H3. The average Bonchev–Trinajstić information content (AvgIpc) is 2.75. The van der Waals surface area contributed by atoms with Crippen molar-refractivity contribution in [3.8, 4) is 5.75 Å². The number of aryl methyl sites for hydroxylation is 3.